The lowest BCUT2D eigenvalue weighted by atomic mass is 10.0. The maximum absolute atomic E-state index is 12.8. The Balaban J connectivity index is 1.83. The van der Waals surface area contributed by atoms with Gasteiger partial charge in [-0.2, -0.15) is 0 Å². The van der Waals surface area contributed by atoms with Crippen LogP contribution in [0.1, 0.15) is 15.9 Å². The zero-order valence-electron chi connectivity index (χ0n) is 15.7. The Hall–Kier alpha value is -4.26. The SMILES string of the molecule is O=C(O)c1cc2c([N+](=O)[O-])cccc2n(Cc2ccc(-c3ccccc3)cc2)c1=O. The van der Waals surface area contributed by atoms with Crippen LogP contribution < -0.4 is 5.56 Å². The molecular formula is C23H16N2O5. The Kier molecular flexibility index (Phi) is 4.85. The smallest absolute Gasteiger partial charge is 0.341 e. The van der Waals surface area contributed by atoms with Crippen LogP contribution in [0, 0.1) is 10.1 Å². The average Bonchev–Trinajstić information content (AvgIpc) is 2.75. The highest BCUT2D eigenvalue weighted by molar-refractivity contribution is 5.96. The zero-order chi connectivity index (χ0) is 21.3. The zero-order valence-corrected chi connectivity index (χ0v) is 15.7. The third kappa shape index (κ3) is 3.44. The Bertz CT molecular complexity index is 1330. The molecule has 30 heavy (non-hydrogen) atoms. The lowest BCUT2D eigenvalue weighted by Crippen LogP contribution is -2.27. The van der Waals surface area contributed by atoms with Gasteiger partial charge in [-0.3, -0.25) is 14.9 Å². The number of pyridine rings is 1. The van der Waals surface area contributed by atoms with Crippen molar-refractivity contribution >= 4 is 22.6 Å². The average molecular weight is 400 g/mol. The number of non-ortho nitro benzene ring substituents is 1. The van der Waals surface area contributed by atoms with Gasteiger partial charge in [-0.1, -0.05) is 60.7 Å². The molecule has 0 radical (unpaired) electrons. The van der Waals surface area contributed by atoms with Crippen LogP contribution >= 0.6 is 0 Å². The van der Waals surface area contributed by atoms with Crippen LogP contribution in [0.25, 0.3) is 22.0 Å². The van der Waals surface area contributed by atoms with Crippen LogP contribution in [-0.4, -0.2) is 20.6 Å². The molecule has 0 bridgehead atoms. The summed E-state index contributed by atoms with van der Waals surface area (Å²) in [6.45, 7) is 0.0900. The van der Waals surface area contributed by atoms with Gasteiger partial charge in [0.1, 0.15) is 5.56 Å². The predicted octanol–water partition coefficient (Wildman–Crippen LogP) is 4.32. The van der Waals surface area contributed by atoms with E-state index in [0.29, 0.717) is 5.52 Å². The van der Waals surface area contributed by atoms with Gasteiger partial charge < -0.3 is 9.67 Å². The first-order valence-electron chi connectivity index (χ1n) is 9.14. The molecule has 0 aliphatic rings. The van der Waals surface area contributed by atoms with Gasteiger partial charge in [0.25, 0.3) is 11.2 Å². The Morgan fingerprint density at radius 3 is 2.23 bits per heavy atom. The molecule has 7 heteroatoms. The molecule has 0 aliphatic heterocycles. The number of carboxylic acids is 1. The molecule has 3 aromatic carbocycles. The number of nitro benzene ring substituents is 1. The molecule has 1 aromatic heterocycles. The molecule has 4 aromatic rings. The van der Waals surface area contributed by atoms with E-state index in [1.165, 1.54) is 16.7 Å². The van der Waals surface area contributed by atoms with Gasteiger partial charge in [-0.15, -0.1) is 0 Å². The van der Waals surface area contributed by atoms with Crippen molar-refractivity contribution in [2.45, 2.75) is 6.54 Å². The number of hydrogen-bond acceptors (Lipinski definition) is 4. The van der Waals surface area contributed by atoms with E-state index in [1.54, 1.807) is 6.07 Å². The van der Waals surface area contributed by atoms with Gasteiger partial charge in [0.2, 0.25) is 0 Å². The van der Waals surface area contributed by atoms with E-state index in [1.807, 2.05) is 54.6 Å². The van der Waals surface area contributed by atoms with Crippen molar-refractivity contribution in [3.63, 3.8) is 0 Å². The van der Waals surface area contributed by atoms with Crippen molar-refractivity contribution < 1.29 is 14.8 Å². The van der Waals surface area contributed by atoms with Gasteiger partial charge >= 0.3 is 5.97 Å². The summed E-state index contributed by atoms with van der Waals surface area (Å²) >= 11 is 0. The van der Waals surface area contributed by atoms with Crippen LogP contribution in [0.15, 0.2) is 83.7 Å². The predicted molar refractivity (Wildman–Crippen MR) is 113 cm³/mol. The normalized spacial score (nSPS) is 10.8. The number of fused-ring (bicyclic) bond motifs is 1. The quantitative estimate of drug-likeness (QED) is 0.397. The van der Waals surface area contributed by atoms with Crippen molar-refractivity contribution in [1.29, 1.82) is 0 Å². The van der Waals surface area contributed by atoms with Gasteiger partial charge in [0, 0.05) is 6.07 Å². The van der Waals surface area contributed by atoms with Crippen LogP contribution in [0.5, 0.6) is 0 Å². The highest BCUT2D eigenvalue weighted by Crippen LogP contribution is 2.26. The highest BCUT2D eigenvalue weighted by Gasteiger charge is 2.20. The van der Waals surface area contributed by atoms with Crippen molar-refractivity contribution in [2.75, 3.05) is 0 Å². The van der Waals surface area contributed by atoms with Gasteiger partial charge in [0.15, 0.2) is 0 Å². The maximum Gasteiger partial charge on any atom is 0.341 e. The number of benzene rings is 3. The van der Waals surface area contributed by atoms with E-state index in [-0.39, 0.29) is 17.6 Å². The Morgan fingerprint density at radius 1 is 0.933 bits per heavy atom. The summed E-state index contributed by atoms with van der Waals surface area (Å²) in [7, 11) is 0. The molecule has 0 fully saturated rings. The first kappa shape index (κ1) is 19.1. The number of nitrogens with zero attached hydrogens (tertiary/aromatic N) is 2. The summed E-state index contributed by atoms with van der Waals surface area (Å²) in [6, 6.07) is 22.8. The molecule has 0 saturated heterocycles. The van der Waals surface area contributed by atoms with E-state index >= 15 is 0 Å². The molecule has 1 N–H and O–H groups in total. The number of carbonyl (C=O) groups is 1. The number of rotatable bonds is 5. The second kappa shape index (κ2) is 7.63. The largest absolute Gasteiger partial charge is 0.477 e. The van der Waals surface area contributed by atoms with Gasteiger partial charge in [-0.25, -0.2) is 4.79 Å². The molecule has 7 nitrogen and oxygen atoms in total. The maximum atomic E-state index is 12.8. The van der Waals surface area contributed by atoms with Gasteiger partial charge in [-0.05, 0) is 28.8 Å². The summed E-state index contributed by atoms with van der Waals surface area (Å²) in [4.78, 5) is 35.2. The standard InChI is InChI=1S/C23H16N2O5/c26-22-19(23(27)28)13-18-20(7-4-8-21(18)25(29)30)24(22)14-15-9-11-17(12-10-15)16-5-2-1-3-6-16/h1-13H,14H2,(H,27,28). The van der Waals surface area contributed by atoms with Crippen LogP contribution in [0.3, 0.4) is 0 Å². The fraction of sp³-hybridized carbons (Fsp3) is 0.0435. The number of carboxylic acid groups (broad SMARTS) is 1. The summed E-state index contributed by atoms with van der Waals surface area (Å²) < 4.78 is 1.27. The fourth-order valence-corrected chi connectivity index (χ4v) is 3.47. The lowest BCUT2D eigenvalue weighted by molar-refractivity contribution is -0.383. The molecule has 0 aliphatic carbocycles. The fourth-order valence-electron chi connectivity index (χ4n) is 3.47. The van der Waals surface area contributed by atoms with Crippen molar-refractivity contribution in [3.8, 4) is 11.1 Å². The Labute approximate surface area is 170 Å². The third-order valence-electron chi connectivity index (χ3n) is 4.94. The van der Waals surface area contributed by atoms with E-state index in [4.69, 9.17) is 0 Å². The van der Waals surface area contributed by atoms with Crippen LogP contribution in [0.2, 0.25) is 0 Å². The first-order chi connectivity index (χ1) is 14.5. The second-order valence-corrected chi connectivity index (χ2v) is 6.78. The Morgan fingerprint density at radius 2 is 1.60 bits per heavy atom. The molecule has 0 unspecified atom stereocenters. The minimum atomic E-state index is -1.42. The van der Waals surface area contributed by atoms with Gasteiger partial charge in [0.05, 0.1) is 22.4 Å². The molecule has 0 spiro atoms. The molecule has 4 rings (SSSR count). The highest BCUT2D eigenvalue weighted by atomic mass is 16.6. The van der Waals surface area contributed by atoms with Crippen LogP contribution in [0.4, 0.5) is 5.69 Å². The van der Waals surface area contributed by atoms with E-state index in [0.717, 1.165) is 22.8 Å². The minimum Gasteiger partial charge on any atom is -0.477 e. The number of nitro groups is 1. The molecule has 148 valence electrons. The topological polar surface area (TPSA) is 102 Å². The minimum absolute atomic E-state index is 0.0900. The van der Waals surface area contributed by atoms with Crippen LogP contribution in [-0.2, 0) is 6.54 Å². The monoisotopic (exact) mass is 400 g/mol. The summed E-state index contributed by atoms with van der Waals surface area (Å²) in [5, 5.41) is 20.9. The summed E-state index contributed by atoms with van der Waals surface area (Å²) in [6.07, 6.45) is 0. The number of aromatic nitrogens is 1. The molecule has 1 heterocycles. The van der Waals surface area contributed by atoms with E-state index in [2.05, 4.69) is 0 Å². The number of aromatic carboxylic acids is 1. The lowest BCUT2D eigenvalue weighted by Gasteiger charge is -2.12. The molecular weight excluding hydrogens is 384 g/mol. The van der Waals surface area contributed by atoms with Crippen molar-refractivity contribution in [3.05, 3.63) is 110 Å². The number of hydrogen-bond donors (Lipinski definition) is 1. The van der Waals surface area contributed by atoms with Crippen molar-refractivity contribution in [2.24, 2.45) is 0 Å². The molecule has 0 atom stereocenters. The van der Waals surface area contributed by atoms with E-state index < -0.39 is 22.0 Å². The molecule has 0 amide bonds. The third-order valence-corrected chi connectivity index (χ3v) is 4.94. The first-order valence-corrected chi connectivity index (χ1v) is 9.14. The van der Waals surface area contributed by atoms with Crippen molar-refractivity contribution in [1.82, 2.24) is 4.57 Å². The summed E-state index contributed by atoms with van der Waals surface area (Å²) in [5.41, 5.74) is 1.68. The van der Waals surface area contributed by atoms with E-state index in [9.17, 15) is 24.8 Å². The second-order valence-electron chi connectivity index (χ2n) is 6.78. The molecule has 0 saturated carbocycles. The summed E-state index contributed by atoms with van der Waals surface area (Å²) in [5.74, 6) is -1.42.